The van der Waals surface area contributed by atoms with Crippen LogP contribution in [0.4, 0.5) is 5.69 Å². The molecule has 7 heteroatoms. The van der Waals surface area contributed by atoms with E-state index in [2.05, 4.69) is 0 Å². The number of nitrogens with zero attached hydrogens (tertiary/aromatic N) is 2. The number of rotatable bonds is 6. The van der Waals surface area contributed by atoms with E-state index >= 15 is 0 Å². The number of anilines is 1. The van der Waals surface area contributed by atoms with E-state index in [9.17, 15) is 13.2 Å². The first-order chi connectivity index (χ1) is 17.4. The van der Waals surface area contributed by atoms with E-state index in [1.165, 1.54) is 19.2 Å². The van der Waals surface area contributed by atoms with Crippen LogP contribution >= 0.6 is 0 Å². The predicted octanol–water partition coefficient (Wildman–Crippen LogP) is 5.67. The molecule has 36 heavy (non-hydrogen) atoms. The maximum Gasteiger partial charge on any atom is 0.271 e. The van der Waals surface area contributed by atoms with Gasteiger partial charge < -0.3 is 4.74 Å². The Morgan fingerprint density at radius 2 is 1.36 bits per heavy atom. The van der Waals surface area contributed by atoms with Crippen LogP contribution in [0.1, 0.15) is 11.1 Å². The summed E-state index contributed by atoms with van der Waals surface area (Å²) >= 11 is 0. The highest BCUT2D eigenvalue weighted by atomic mass is 32.2. The lowest BCUT2D eigenvalue weighted by Crippen LogP contribution is -2.38. The van der Waals surface area contributed by atoms with Crippen LogP contribution in [0, 0.1) is 6.92 Å². The molecule has 0 atom stereocenters. The maximum atomic E-state index is 14.0. The zero-order valence-electron chi connectivity index (χ0n) is 19.9. The summed E-state index contributed by atoms with van der Waals surface area (Å²) in [6.45, 7) is 1.87. The lowest BCUT2D eigenvalue weighted by atomic mass is 9.99. The molecule has 5 aromatic rings. The fourth-order valence-corrected chi connectivity index (χ4v) is 5.79. The van der Waals surface area contributed by atoms with Crippen LogP contribution in [0.25, 0.3) is 21.8 Å². The van der Waals surface area contributed by atoms with Gasteiger partial charge in [0.05, 0.1) is 29.5 Å². The SMILES string of the molecule is COc1ccccc1N(C(=O)Cc1c2ccccc2nc2ccccc12)S(=O)(=O)c1ccc(C)cc1. The topological polar surface area (TPSA) is 76.6 Å². The molecule has 0 N–H and O–H groups in total. The molecule has 0 saturated heterocycles. The van der Waals surface area contributed by atoms with Gasteiger partial charge in [0.15, 0.2) is 0 Å². The summed E-state index contributed by atoms with van der Waals surface area (Å²) in [4.78, 5) is 18.8. The van der Waals surface area contributed by atoms with E-state index in [1.807, 2.05) is 55.5 Å². The van der Waals surface area contributed by atoms with Crippen LogP contribution in [0.15, 0.2) is 102 Å². The summed E-state index contributed by atoms with van der Waals surface area (Å²) in [5.41, 5.74) is 3.28. The predicted molar refractivity (Wildman–Crippen MR) is 142 cm³/mol. The molecule has 4 aromatic carbocycles. The molecule has 0 spiro atoms. The third kappa shape index (κ3) is 4.18. The van der Waals surface area contributed by atoms with Crippen LogP contribution < -0.4 is 9.04 Å². The monoisotopic (exact) mass is 496 g/mol. The molecule has 1 heterocycles. The first-order valence-corrected chi connectivity index (χ1v) is 12.9. The van der Waals surface area contributed by atoms with Crippen molar-refractivity contribution in [2.24, 2.45) is 0 Å². The van der Waals surface area contributed by atoms with Crippen LogP contribution in [0.5, 0.6) is 5.75 Å². The number of hydrogen-bond acceptors (Lipinski definition) is 5. The molecule has 180 valence electrons. The molecule has 1 aromatic heterocycles. The van der Waals surface area contributed by atoms with Gasteiger partial charge in [-0.1, -0.05) is 66.2 Å². The van der Waals surface area contributed by atoms with Crippen molar-refractivity contribution in [2.75, 3.05) is 11.4 Å². The first kappa shape index (κ1) is 23.5. The normalized spacial score (nSPS) is 11.5. The Labute approximate surface area is 209 Å². The minimum atomic E-state index is -4.24. The zero-order chi connectivity index (χ0) is 25.3. The van der Waals surface area contributed by atoms with Gasteiger partial charge in [-0.3, -0.25) is 4.79 Å². The van der Waals surface area contributed by atoms with Crippen molar-refractivity contribution < 1.29 is 17.9 Å². The van der Waals surface area contributed by atoms with Crippen LogP contribution in [-0.2, 0) is 21.2 Å². The molecule has 0 bridgehead atoms. The first-order valence-electron chi connectivity index (χ1n) is 11.4. The van der Waals surface area contributed by atoms with Gasteiger partial charge >= 0.3 is 0 Å². The Morgan fingerprint density at radius 3 is 1.97 bits per heavy atom. The molecular weight excluding hydrogens is 472 g/mol. The number of benzene rings is 4. The molecule has 0 radical (unpaired) electrons. The van der Waals surface area contributed by atoms with Crippen LogP contribution in [0.2, 0.25) is 0 Å². The van der Waals surface area contributed by atoms with Gasteiger partial charge in [-0.05, 0) is 48.9 Å². The molecule has 0 unspecified atom stereocenters. The van der Waals surface area contributed by atoms with Gasteiger partial charge in [0, 0.05) is 10.8 Å². The second-order valence-corrected chi connectivity index (χ2v) is 10.2. The minimum Gasteiger partial charge on any atom is -0.495 e. The Balaban J connectivity index is 1.70. The number of hydrogen-bond donors (Lipinski definition) is 0. The number of aryl methyl sites for hydroxylation is 1. The minimum absolute atomic E-state index is 0.0248. The fourth-order valence-electron chi connectivity index (χ4n) is 4.35. The third-order valence-electron chi connectivity index (χ3n) is 6.12. The number of ether oxygens (including phenoxy) is 1. The molecule has 0 aliphatic rings. The Hall–Kier alpha value is -4.23. The number of carbonyl (C=O) groups excluding carboxylic acids is 1. The zero-order valence-corrected chi connectivity index (χ0v) is 20.7. The second kappa shape index (κ2) is 9.43. The summed E-state index contributed by atoms with van der Waals surface area (Å²) in [7, 11) is -2.79. The number of fused-ring (bicyclic) bond motifs is 2. The maximum absolute atomic E-state index is 14.0. The Kier molecular flexibility index (Phi) is 6.16. The molecule has 0 aliphatic carbocycles. The number of methoxy groups -OCH3 is 1. The van der Waals surface area contributed by atoms with Crippen molar-refractivity contribution >= 4 is 43.4 Å². The summed E-state index contributed by atoms with van der Waals surface area (Å²) in [6, 6.07) is 28.2. The van der Waals surface area contributed by atoms with E-state index in [0.717, 1.165) is 37.2 Å². The fraction of sp³-hybridized carbons (Fsp3) is 0.103. The van der Waals surface area contributed by atoms with Crippen molar-refractivity contribution in [1.82, 2.24) is 4.98 Å². The summed E-state index contributed by atoms with van der Waals surface area (Å²) in [5.74, 6) is -0.312. The van der Waals surface area contributed by atoms with Crippen molar-refractivity contribution in [1.29, 1.82) is 0 Å². The average Bonchev–Trinajstić information content (AvgIpc) is 2.89. The molecular formula is C29H24N2O4S. The Morgan fingerprint density at radius 1 is 0.806 bits per heavy atom. The summed E-state index contributed by atoms with van der Waals surface area (Å²) in [6.07, 6.45) is -0.146. The number of pyridine rings is 1. The highest BCUT2D eigenvalue weighted by Crippen LogP contribution is 2.34. The summed E-state index contributed by atoms with van der Waals surface area (Å²) in [5, 5.41) is 1.61. The second-order valence-electron chi connectivity index (χ2n) is 8.45. The lowest BCUT2D eigenvalue weighted by Gasteiger charge is -2.25. The van der Waals surface area contributed by atoms with E-state index in [1.54, 1.807) is 36.4 Å². The van der Waals surface area contributed by atoms with Gasteiger partial charge in [0.1, 0.15) is 11.4 Å². The highest BCUT2D eigenvalue weighted by molar-refractivity contribution is 7.93. The Bertz CT molecular complexity index is 1640. The quantitative estimate of drug-likeness (QED) is 0.283. The number of para-hydroxylation sites is 4. The number of amides is 1. The molecule has 6 nitrogen and oxygen atoms in total. The highest BCUT2D eigenvalue weighted by Gasteiger charge is 2.33. The summed E-state index contributed by atoms with van der Waals surface area (Å²) < 4.78 is 34.1. The van der Waals surface area contributed by atoms with Crippen LogP contribution in [-0.4, -0.2) is 26.4 Å². The van der Waals surface area contributed by atoms with Gasteiger partial charge in [0.2, 0.25) is 5.91 Å². The average molecular weight is 497 g/mol. The van der Waals surface area contributed by atoms with Crippen molar-refractivity contribution in [2.45, 2.75) is 18.2 Å². The van der Waals surface area contributed by atoms with E-state index in [4.69, 9.17) is 9.72 Å². The smallest absolute Gasteiger partial charge is 0.271 e. The van der Waals surface area contributed by atoms with E-state index in [0.29, 0.717) is 0 Å². The van der Waals surface area contributed by atoms with E-state index < -0.39 is 15.9 Å². The van der Waals surface area contributed by atoms with Crippen LogP contribution in [0.3, 0.4) is 0 Å². The lowest BCUT2D eigenvalue weighted by molar-refractivity contribution is -0.116. The molecule has 1 amide bonds. The molecule has 0 aliphatic heterocycles. The van der Waals surface area contributed by atoms with Gasteiger partial charge in [-0.15, -0.1) is 0 Å². The van der Waals surface area contributed by atoms with Gasteiger partial charge in [-0.2, -0.15) is 4.31 Å². The van der Waals surface area contributed by atoms with Crippen molar-refractivity contribution in [3.63, 3.8) is 0 Å². The number of carbonyl (C=O) groups is 1. The third-order valence-corrected chi connectivity index (χ3v) is 7.87. The number of sulfonamides is 1. The molecule has 0 saturated carbocycles. The van der Waals surface area contributed by atoms with Gasteiger partial charge in [0.25, 0.3) is 10.0 Å². The molecule has 5 rings (SSSR count). The van der Waals surface area contributed by atoms with Gasteiger partial charge in [-0.25, -0.2) is 13.4 Å². The number of aromatic nitrogens is 1. The van der Waals surface area contributed by atoms with Crippen molar-refractivity contribution in [3.8, 4) is 5.75 Å². The van der Waals surface area contributed by atoms with Crippen molar-refractivity contribution in [3.05, 3.63) is 108 Å². The largest absolute Gasteiger partial charge is 0.495 e. The van der Waals surface area contributed by atoms with E-state index in [-0.39, 0.29) is 22.8 Å². The molecule has 0 fully saturated rings. The standard InChI is InChI=1S/C29H24N2O4S/c1-20-15-17-21(18-16-20)36(33,34)31(27-13-7-8-14-28(27)35-2)29(32)19-24-22-9-3-5-11-25(22)30-26-12-6-4-10-23(24)26/h3-18H,19H2,1-2H3.